The van der Waals surface area contributed by atoms with E-state index in [1.54, 1.807) is 6.20 Å². The van der Waals surface area contributed by atoms with Gasteiger partial charge in [0.2, 0.25) is 0 Å². The Bertz CT molecular complexity index is 386. The van der Waals surface area contributed by atoms with E-state index in [0.717, 1.165) is 37.8 Å². The topological polar surface area (TPSA) is 32.3 Å². The molecule has 1 fully saturated rings. The van der Waals surface area contributed by atoms with Gasteiger partial charge in [-0.15, -0.1) is 0 Å². The molecule has 0 N–H and O–H groups in total. The Hall–Kier alpha value is -0.870. The number of aromatic nitrogens is 2. The van der Waals surface area contributed by atoms with Crippen molar-refractivity contribution >= 4 is 17.4 Å². The van der Waals surface area contributed by atoms with E-state index in [1.165, 1.54) is 0 Å². The summed E-state index contributed by atoms with van der Waals surface area (Å²) in [4.78, 5) is 13.2. The number of aryl methyl sites for hydroxylation is 1. The molecule has 5 heteroatoms. The molecule has 94 valence electrons. The fourth-order valence-corrected chi connectivity index (χ4v) is 2.33. The van der Waals surface area contributed by atoms with Gasteiger partial charge in [-0.1, -0.05) is 11.6 Å². The van der Waals surface area contributed by atoms with Gasteiger partial charge in [0.05, 0.1) is 6.20 Å². The van der Waals surface area contributed by atoms with E-state index in [-0.39, 0.29) is 0 Å². The standard InChI is InChI=1S/C12H19ClN4/c1-9(2)16-4-6-17(7-5-16)12-11(13)8-14-10(3)15-12/h8-9H,4-7H2,1-3H3. The van der Waals surface area contributed by atoms with E-state index in [0.29, 0.717) is 11.1 Å². The molecule has 1 aliphatic rings. The third-order valence-electron chi connectivity index (χ3n) is 3.19. The zero-order valence-electron chi connectivity index (χ0n) is 10.6. The van der Waals surface area contributed by atoms with Crippen molar-refractivity contribution in [3.05, 3.63) is 17.0 Å². The van der Waals surface area contributed by atoms with Crippen LogP contribution in [0.25, 0.3) is 0 Å². The van der Waals surface area contributed by atoms with Crippen LogP contribution in [0.5, 0.6) is 0 Å². The summed E-state index contributed by atoms with van der Waals surface area (Å²) < 4.78 is 0. The molecule has 0 aliphatic carbocycles. The van der Waals surface area contributed by atoms with Crippen molar-refractivity contribution in [2.75, 3.05) is 31.1 Å². The van der Waals surface area contributed by atoms with E-state index in [2.05, 4.69) is 33.6 Å². The minimum atomic E-state index is 0.611. The SMILES string of the molecule is Cc1ncc(Cl)c(N2CCN(C(C)C)CC2)n1. The van der Waals surface area contributed by atoms with Gasteiger partial charge in [-0.05, 0) is 20.8 Å². The second kappa shape index (κ2) is 5.19. The predicted octanol–water partition coefficient (Wildman–Crippen LogP) is 1.97. The van der Waals surface area contributed by atoms with Gasteiger partial charge < -0.3 is 4.90 Å². The van der Waals surface area contributed by atoms with Crippen molar-refractivity contribution in [3.63, 3.8) is 0 Å². The fraction of sp³-hybridized carbons (Fsp3) is 0.667. The van der Waals surface area contributed by atoms with Gasteiger partial charge in [-0.2, -0.15) is 0 Å². The van der Waals surface area contributed by atoms with Crippen LogP contribution in [0.3, 0.4) is 0 Å². The molecular formula is C12H19ClN4. The molecule has 0 saturated carbocycles. The average molecular weight is 255 g/mol. The van der Waals surface area contributed by atoms with Gasteiger partial charge in [-0.3, -0.25) is 4.90 Å². The Labute approximate surface area is 108 Å². The zero-order valence-corrected chi connectivity index (χ0v) is 11.4. The monoisotopic (exact) mass is 254 g/mol. The van der Waals surface area contributed by atoms with Crippen molar-refractivity contribution in [2.45, 2.75) is 26.8 Å². The number of rotatable bonds is 2. The summed E-state index contributed by atoms with van der Waals surface area (Å²) in [5.41, 5.74) is 0. The summed E-state index contributed by atoms with van der Waals surface area (Å²) >= 11 is 6.15. The summed E-state index contributed by atoms with van der Waals surface area (Å²) in [6, 6.07) is 0.611. The first-order chi connectivity index (χ1) is 8.08. The van der Waals surface area contributed by atoms with Crippen LogP contribution in [0.1, 0.15) is 19.7 Å². The molecule has 2 heterocycles. The van der Waals surface area contributed by atoms with E-state index in [4.69, 9.17) is 11.6 Å². The lowest BCUT2D eigenvalue weighted by Gasteiger charge is -2.37. The molecule has 0 spiro atoms. The Kier molecular flexibility index (Phi) is 3.84. The number of hydrogen-bond acceptors (Lipinski definition) is 4. The third kappa shape index (κ3) is 2.87. The first kappa shape index (κ1) is 12.6. The van der Waals surface area contributed by atoms with Gasteiger partial charge in [0.1, 0.15) is 10.8 Å². The molecule has 1 aromatic rings. The molecule has 1 saturated heterocycles. The van der Waals surface area contributed by atoms with E-state index in [9.17, 15) is 0 Å². The molecule has 0 radical (unpaired) electrons. The van der Waals surface area contributed by atoms with Crippen molar-refractivity contribution in [2.24, 2.45) is 0 Å². The second-order valence-corrected chi connectivity index (χ2v) is 5.11. The van der Waals surface area contributed by atoms with Gasteiger partial charge in [0, 0.05) is 32.2 Å². The highest BCUT2D eigenvalue weighted by molar-refractivity contribution is 6.32. The number of halogens is 1. The molecular weight excluding hydrogens is 236 g/mol. The maximum atomic E-state index is 6.15. The van der Waals surface area contributed by atoms with Crippen molar-refractivity contribution in [3.8, 4) is 0 Å². The van der Waals surface area contributed by atoms with Gasteiger partial charge in [-0.25, -0.2) is 9.97 Å². The molecule has 1 aliphatic heterocycles. The number of hydrogen-bond donors (Lipinski definition) is 0. The van der Waals surface area contributed by atoms with Crippen molar-refractivity contribution in [1.29, 1.82) is 0 Å². The highest BCUT2D eigenvalue weighted by atomic mass is 35.5. The lowest BCUT2D eigenvalue weighted by Crippen LogP contribution is -2.49. The van der Waals surface area contributed by atoms with Crippen LogP contribution >= 0.6 is 11.6 Å². The van der Waals surface area contributed by atoms with Crippen LogP contribution in [-0.2, 0) is 0 Å². The molecule has 0 aromatic carbocycles. The van der Waals surface area contributed by atoms with E-state index in [1.807, 2.05) is 6.92 Å². The number of nitrogens with zero attached hydrogens (tertiary/aromatic N) is 4. The Morgan fingerprint density at radius 3 is 2.47 bits per heavy atom. The summed E-state index contributed by atoms with van der Waals surface area (Å²) in [5, 5.41) is 0.647. The molecule has 17 heavy (non-hydrogen) atoms. The number of anilines is 1. The highest BCUT2D eigenvalue weighted by Gasteiger charge is 2.21. The predicted molar refractivity (Wildman–Crippen MR) is 70.7 cm³/mol. The number of piperazine rings is 1. The van der Waals surface area contributed by atoms with Crippen LogP contribution in [0.4, 0.5) is 5.82 Å². The smallest absolute Gasteiger partial charge is 0.151 e. The van der Waals surface area contributed by atoms with Crippen molar-refractivity contribution in [1.82, 2.24) is 14.9 Å². The minimum absolute atomic E-state index is 0.611. The fourth-order valence-electron chi connectivity index (χ4n) is 2.12. The molecule has 2 rings (SSSR count). The van der Waals surface area contributed by atoms with E-state index < -0.39 is 0 Å². The van der Waals surface area contributed by atoms with Crippen LogP contribution in [0.2, 0.25) is 5.02 Å². The Balaban J connectivity index is 2.07. The third-order valence-corrected chi connectivity index (χ3v) is 3.46. The van der Waals surface area contributed by atoms with E-state index >= 15 is 0 Å². The summed E-state index contributed by atoms with van der Waals surface area (Å²) in [6.07, 6.45) is 1.69. The van der Waals surface area contributed by atoms with Crippen LogP contribution in [0, 0.1) is 6.92 Å². The van der Waals surface area contributed by atoms with Crippen LogP contribution < -0.4 is 4.90 Å². The molecule has 0 bridgehead atoms. The molecule has 4 nitrogen and oxygen atoms in total. The molecule has 1 aromatic heterocycles. The lowest BCUT2D eigenvalue weighted by atomic mass is 10.2. The maximum Gasteiger partial charge on any atom is 0.151 e. The summed E-state index contributed by atoms with van der Waals surface area (Å²) in [7, 11) is 0. The Morgan fingerprint density at radius 2 is 1.88 bits per heavy atom. The summed E-state index contributed by atoms with van der Waals surface area (Å²) in [6.45, 7) is 10.5. The van der Waals surface area contributed by atoms with Crippen LogP contribution in [-0.4, -0.2) is 47.1 Å². The Morgan fingerprint density at radius 1 is 1.24 bits per heavy atom. The molecule has 0 amide bonds. The van der Waals surface area contributed by atoms with Gasteiger partial charge in [0.25, 0.3) is 0 Å². The highest BCUT2D eigenvalue weighted by Crippen LogP contribution is 2.23. The largest absolute Gasteiger partial charge is 0.353 e. The molecule has 0 atom stereocenters. The van der Waals surface area contributed by atoms with Gasteiger partial charge >= 0.3 is 0 Å². The quantitative estimate of drug-likeness (QED) is 0.808. The minimum Gasteiger partial charge on any atom is -0.353 e. The van der Waals surface area contributed by atoms with Gasteiger partial charge in [0.15, 0.2) is 5.82 Å². The maximum absolute atomic E-state index is 6.15. The molecule has 0 unspecified atom stereocenters. The first-order valence-corrected chi connectivity index (χ1v) is 6.44. The van der Waals surface area contributed by atoms with Crippen molar-refractivity contribution < 1.29 is 0 Å². The average Bonchev–Trinajstić information content (AvgIpc) is 2.32. The zero-order chi connectivity index (χ0) is 12.4. The normalized spacial score (nSPS) is 17.8. The lowest BCUT2D eigenvalue weighted by molar-refractivity contribution is 0.209. The first-order valence-electron chi connectivity index (χ1n) is 6.06. The van der Waals surface area contributed by atoms with Crippen LogP contribution in [0.15, 0.2) is 6.20 Å². The summed E-state index contributed by atoms with van der Waals surface area (Å²) in [5.74, 6) is 1.65. The second-order valence-electron chi connectivity index (χ2n) is 4.71.